The van der Waals surface area contributed by atoms with Crippen LogP contribution in [0.1, 0.15) is 30.1 Å². The molecule has 10 heteroatoms. The molecule has 4 aromatic rings. The summed E-state index contributed by atoms with van der Waals surface area (Å²) in [4.78, 5) is 12.7. The summed E-state index contributed by atoms with van der Waals surface area (Å²) in [6, 6.07) is 6.35. The minimum Gasteiger partial charge on any atom is -0.390 e. The van der Waals surface area contributed by atoms with Gasteiger partial charge in [-0.2, -0.15) is 0 Å². The van der Waals surface area contributed by atoms with Gasteiger partial charge in [0.2, 0.25) is 0 Å². The number of pyridine rings is 1. The lowest BCUT2D eigenvalue weighted by molar-refractivity contribution is -0.0194. The van der Waals surface area contributed by atoms with E-state index < -0.39 is 23.4 Å². The highest BCUT2D eigenvalue weighted by Crippen LogP contribution is 2.70. The van der Waals surface area contributed by atoms with E-state index in [9.17, 15) is 14.6 Å². The summed E-state index contributed by atoms with van der Waals surface area (Å²) < 4.78 is 16.7. The molecular weight excluding hydrogens is 459 g/mol. The van der Waals surface area contributed by atoms with Crippen LogP contribution >= 0.6 is 11.6 Å². The van der Waals surface area contributed by atoms with Crippen LogP contribution in [0.4, 0.5) is 16.0 Å². The molecule has 2 aliphatic carbocycles. The molecule has 5 unspecified atom stereocenters. The monoisotopic (exact) mass is 482 g/mol. The van der Waals surface area contributed by atoms with Gasteiger partial charge >= 0.3 is 0 Å². The van der Waals surface area contributed by atoms with E-state index in [0.717, 1.165) is 23.1 Å². The molecule has 2 fully saturated rings. The number of aryl methyl sites for hydroxylation is 2. The second-order valence-electron chi connectivity index (χ2n) is 9.62. The Morgan fingerprint density at radius 1 is 1.15 bits per heavy atom. The van der Waals surface area contributed by atoms with Gasteiger partial charge in [0.05, 0.1) is 28.1 Å². The molecule has 0 radical (unpaired) electrons. The molecule has 0 aliphatic heterocycles. The van der Waals surface area contributed by atoms with E-state index in [4.69, 9.17) is 23.1 Å². The van der Waals surface area contributed by atoms with Crippen molar-refractivity contribution in [3.05, 3.63) is 52.7 Å². The summed E-state index contributed by atoms with van der Waals surface area (Å²) in [5.41, 5.74) is 14.1. The summed E-state index contributed by atoms with van der Waals surface area (Å²) >= 11 is 5.99. The molecule has 0 amide bonds. The molecule has 0 spiro atoms. The van der Waals surface area contributed by atoms with Gasteiger partial charge in [0, 0.05) is 16.5 Å². The Balaban J connectivity index is 1.30. The number of nitrogen functional groups attached to an aromatic ring is 2. The number of halogens is 2. The fourth-order valence-electron chi connectivity index (χ4n) is 6.03. The number of aliphatic hydroxyl groups is 2. The van der Waals surface area contributed by atoms with Crippen LogP contribution in [0.25, 0.3) is 21.9 Å². The lowest BCUT2D eigenvalue weighted by Gasteiger charge is -2.25. The van der Waals surface area contributed by atoms with Crippen LogP contribution in [-0.4, -0.2) is 41.9 Å². The zero-order valence-corrected chi connectivity index (χ0v) is 19.2. The van der Waals surface area contributed by atoms with Crippen LogP contribution in [0.5, 0.6) is 0 Å². The van der Waals surface area contributed by atoms with Crippen LogP contribution in [-0.2, 0) is 6.42 Å². The average molecular weight is 483 g/mol. The van der Waals surface area contributed by atoms with Gasteiger partial charge in [0.15, 0.2) is 0 Å². The summed E-state index contributed by atoms with van der Waals surface area (Å²) in [5.74, 6) is 0.197. The van der Waals surface area contributed by atoms with E-state index in [-0.39, 0.29) is 22.8 Å². The molecule has 3 aromatic heterocycles. The number of nitrogens with zero attached hydrogens (tertiary/aromatic N) is 4. The van der Waals surface area contributed by atoms with Crippen molar-refractivity contribution in [2.24, 2.45) is 11.3 Å². The Bertz CT molecular complexity index is 1480. The normalized spacial score (nSPS) is 28.0. The van der Waals surface area contributed by atoms with Crippen LogP contribution in [0.3, 0.4) is 0 Å². The molecule has 34 heavy (non-hydrogen) atoms. The third kappa shape index (κ3) is 2.93. The molecule has 176 valence electrons. The van der Waals surface area contributed by atoms with Crippen LogP contribution in [0.15, 0.2) is 30.6 Å². The van der Waals surface area contributed by atoms with Crippen molar-refractivity contribution in [1.82, 2.24) is 19.5 Å². The first-order valence-electron chi connectivity index (χ1n) is 11.2. The Labute approximate surface area is 199 Å². The summed E-state index contributed by atoms with van der Waals surface area (Å²) in [7, 11) is 0. The first kappa shape index (κ1) is 21.5. The van der Waals surface area contributed by atoms with Gasteiger partial charge in [-0.15, -0.1) is 0 Å². The smallest absolute Gasteiger partial charge is 0.146 e. The molecule has 6 rings (SSSR count). The van der Waals surface area contributed by atoms with Crippen molar-refractivity contribution in [2.75, 3.05) is 11.5 Å². The molecule has 3 heterocycles. The lowest BCUT2D eigenvalue weighted by Crippen LogP contribution is -2.34. The Hall–Kier alpha value is -3.01. The maximum atomic E-state index is 14.7. The number of hydrogen-bond acceptors (Lipinski definition) is 7. The molecule has 0 saturated heterocycles. The fraction of sp³-hybridized carbons (Fsp3) is 0.375. The van der Waals surface area contributed by atoms with Gasteiger partial charge in [-0.25, -0.2) is 19.3 Å². The van der Waals surface area contributed by atoms with Gasteiger partial charge in [0.1, 0.15) is 35.5 Å². The highest BCUT2D eigenvalue weighted by atomic mass is 35.5. The van der Waals surface area contributed by atoms with E-state index in [2.05, 4.69) is 15.0 Å². The van der Waals surface area contributed by atoms with Crippen molar-refractivity contribution in [1.29, 1.82) is 0 Å². The van der Waals surface area contributed by atoms with Gasteiger partial charge in [-0.3, -0.25) is 0 Å². The number of anilines is 2. The van der Waals surface area contributed by atoms with Gasteiger partial charge in [0.25, 0.3) is 0 Å². The van der Waals surface area contributed by atoms with Crippen molar-refractivity contribution in [2.45, 2.75) is 44.4 Å². The standard InChI is InChI=1S/C24H24ClFN6O2/c1-10-4-13-21(27)29-9-30-23(13)32(10)18-14-8-24(14,20(34)19(18)33)3-2-11-5-16(26)12-7-15(25)22(28)31-17(12)6-11/h4-7,9,14,18-20,33-34H,2-3,8H2,1H3,(H2,28,31)(H2,27,29,30). The summed E-state index contributed by atoms with van der Waals surface area (Å²) in [6.45, 7) is 1.94. The number of rotatable bonds is 4. The highest BCUT2D eigenvalue weighted by Gasteiger charge is 2.70. The highest BCUT2D eigenvalue weighted by molar-refractivity contribution is 6.33. The first-order valence-corrected chi connectivity index (χ1v) is 11.6. The minimum atomic E-state index is -0.943. The summed E-state index contributed by atoms with van der Waals surface area (Å²) in [6.07, 6.45) is 1.48. The Kier molecular flexibility index (Phi) is 4.58. The minimum absolute atomic E-state index is 0.0702. The lowest BCUT2D eigenvalue weighted by atomic mass is 9.91. The van der Waals surface area contributed by atoms with E-state index in [1.165, 1.54) is 18.5 Å². The molecule has 6 N–H and O–H groups in total. The van der Waals surface area contributed by atoms with E-state index >= 15 is 0 Å². The van der Waals surface area contributed by atoms with Crippen LogP contribution < -0.4 is 11.5 Å². The molecule has 2 saturated carbocycles. The zero-order chi connectivity index (χ0) is 23.9. The second kappa shape index (κ2) is 7.24. The van der Waals surface area contributed by atoms with E-state index in [1.54, 1.807) is 6.07 Å². The topological polar surface area (TPSA) is 136 Å². The third-order valence-electron chi connectivity index (χ3n) is 7.81. The van der Waals surface area contributed by atoms with Gasteiger partial charge < -0.3 is 26.2 Å². The van der Waals surface area contributed by atoms with Crippen LogP contribution in [0, 0.1) is 24.1 Å². The van der Waals surface area contributed by atoms with Crippen molar-refractivity contribution < 1.29 is 14.6 Å². The van der Waals surface area contributed by atoms with Crippen molar-refractivity contribution >= 4 is 45.2 Å². The first-order chi connectivity index (χ1) is 16.2. The number of aliphatic hydroxyl groups excluding tert-OH is 2. The molecule has 8 nitrogen and oxygen atoms in total. The average Bonchev–Trinajstić information content (AvgIpc) is 3.36. The molecule has 0 bridgehead atoms. The van der Waals surface area contributed by atoms with E-state index in [0.29, 0.717) is 35.2 Å². The maximum absolute atomic E-state index is 14.7. The Morgan fingerprint density at radius 3 is 2.74 bits per heavy atom. The van der Waals surface area contributed by atoms with Crippen molar-refractivity contribution in [3.63, 3.8) is 0 Å². The number of fused-ring (bicyclic) bond motifs is 3. The molecule has 1 aromatic carbocycles. The predicted octanol–water partition coefficient (Wildman–Crippen LogP) is 3.16. The van der Waals surface area contributed by atoms with Gasteiger partial charge in [-0.05, 0) is 61.9 Å². The second-order valence-corrected chi connectivity index (χ2v) is 10.0. The number of hydrogen-bond donors (Lipinski definition) is 4. The third-order valence-corrected chi connectivity index (χ3v) is 8.11. The molecule has 2 aliphatic rings. The van der Waals surface area contributed by atoms with Gasteiger partial charge in [-0.1, -0.05) is 11.6 Å². The SMILES string of the molecule is Cc1cc2c(N)ncnc2n1C1C(O)C(O)C2(CCc3cc(F)c4cc(Cl)c(N)nc4c3)CC12. The maximum Gasteiger partial charge on any atom is 0.146 e. The quantitative estimate of drug-likeness (QED) is 0.350. The van der Waals surface area contributed by atoms with E-state index in [1.807, 2.05) is 17.6 Å². The van der Waals surface area contributed by atoms with Crippen LogP contribution in [0.2, 0.25) is 5.02 Å². The molecular formula is C24H24ClFN6O2. The zero-order valence-electron chi connectivity index (χ0n) is 18.4. The fourth-order valence-corrected chi connectivity index (χ4v) is 6.19. The van der Waals surface area contributed by atoms with Crippen molar-refractivity contribution in [3.8, 4) is 0 Å². The number of nitrogens with two attached hydrogens (primary N) is 2. The predicted molar refractivity (Wildman–Crippen MR) is 128 cm³/mol. The summed E-state index contributed by atoms with van der Waals surface area (Å²) in [5, 5.41) is 23.4. The molecule has 5 atom stereocenters. The Morgan fingerprint density at radius 2 is 1.94 bits per heavy atom. The number of aromatic nitrogens is 4. The largest absolute Gasteiger partial charge is 0.390 e. The number of benzene rings is 1.